The number of hydrogen-bond acceptors (Lipinski definition) is 4. The average molecular weight is 233 g/mol. The summed E-state index contributed by atoms with van der Waals surface area (Å²) >= 11 is 0. The highest BCUT2D eigenvalue weighted by Gasteiger charge is 2.12. The zero-order chi connectivity index (χ0) is 12.6. The van der Waals surface area contributed by atoms with Gasteiger partial charge in [-0.1, -0.05) is 0 Å². The number of primary amides is 1. The molecule has 0 rings (SSSR count). The predicted molar refractivity (Wildman–Crippen MR) is 53.6 cm³/mol. The van der Waals surface area contributed by atoms with Crippen molar-refractivity contribution in [3.05, 3.63) is 0 Å². The van der Waals surface area contributed by atoms with E-state index in [1.807, 2.05) is 0 Å². The number of nitrogens with two attached hydrogens (primary N) is 1. The fraction of sp³-hybridized carbons (Fsp3) is 0.625. The molecule has 0 aromatic carbocycles. The minimum Gasteiger partial charge on any atom is -0.480 e. The van der Waals surface area contributed by atoms with Gasteiger partial charge in [-0.15, -0.1) is 0 Å². The first kappa shape index (κ1) is 14.2. The second-order valence-electron chi connectivity index (χ2n) is 2.98. The SMILES string of the molecule is CC(NC(=O)NCCOCC(N)=O)C(=O)O. The molecule has 5 N–H and O–H groups in total. The topological polar surface area (TPSA) is 131 Å². The fourth-order valence-corrected chi connectivity index (χ4v) is 0.719. The van der Waals surface area contributed by atoms with Crippen LogP contribution < -0.4 is 16.4 Å². The molecular formula is C8H15N3O5. The van der Waals surface area contributed by atoms with Crippen LogP contribution in [0, 0.1) is 0 Å². The predicted octanol–water partition coefficient (Wildman–Crippen LogP) is -1.74. The van der Waals surface area contributed by atoms with Gasteiger partial charge in [-0.3, -0.25) is 9.59 Å². The molecule has 0 bridgehead atoms. The summed E-state index contributed by atoms with van der Waals surface area (Å²) in [6.07, 6.45) is 0. The van der Waals surface area contributed by atoms with E-state index in [1.165, 1.54) is 6.92 Å². The number of rotatable bonds is 7. The third-order valence-corrected chi connectivity index (χ3v) is 1.49. The normalized spacial score (nSPS) is 11.6. The number of aliphatic carboxylic acids is 1. The Bertz CT molecular complexity index is 268. The second kappa shape index (κ2) is 7.46. The highest BCUT2D eigenvalue weighted by atomic mass is 16.5. The maximum atomic E-state index is 11.0. The van der Waals surface area contributed by atoms with Crippen LogP contribution >= 0.6 is 0 Å². The van der Waals surface area contributed by atoms with Gasteiger partial charge in [0, 0.05) is 6.54 Å². The number of carbonyl (C=O) groups excluding carboxylic acids is 2. The van der Waals surface area contributed by atoms with Crippen LogP contribution in [0.15, 0.2) is 0 Å². The van der Waals surface area contributed by atoms with Crippen molar-refractivity contribution in [1.82, 2.24) is 10.6 Å². The smallest absolute Gasteiger partial charge is 0.325 e. The number of nitrogens with one attached hydrogen (secondary N) is 2. The van der Waals surface area contributed by atoms with Crippen LogP contribution in [0.3, 0.4) is 0 Å². The maximum Gasteiger partial charge on any atom is 0.325 e. The summed E-state index contributed by atoms with van der Waals surface area (Å²) in [4.78, 5) is 31.6. The van der Waals surface area contributed by atoms with Crippen molar-refractivity contribution in [1.29, 1.82) is 0 Å². The lowest BCUT2D eigenvalue weighted by Gasteiger charge is -2.10. The first-order chi connectivity index (χ1) is 7.43. The Morgan fingerprint density at radius 1 is 1.44 bits per heavy atom. The summed E-state index contributed by atoms with van der Waals surface area (Å²) in [6.45, 7) is 1.41. The summed E-state index contributed by atoms with van der Waals surface area (Å²) in [7, 11) is 0. The van der Waals surface area contributed by atoms with Crippen molar-refractivity contribution in [2.45, 2.75) is 13.0 Å². The Kier molecular flexibility index (Phi) is 6.61. The van der Waals surface area contributed by atoms with Gasteiger partial charge in [0.1, 0.15) is 12.6 Å². The molecule has 0 saturated carbocycles. The molecule has 0 aliphatic rings. The quantitative estimate of drug-likeness (QED) is 0.388. The van der Waals surface area contributed by atoms with Crippen LogP contribution in [0.1, 0.15) is 6.92 Å². The van der Waals surface area contributed by atoms with Gasteiger partial charge in [-0.05, 0) is 6.92 Å². The zero-order valence-corrected chi connectivity index (χ0v) is 8.86. The summed E-state index contributed by atoms with van der Waals surface area (Å²) in [5.74, 6) is -1.72. The van der Waals surface area contributed by atoms with Gasteiger partial charge in [-0.2, -0.15) is 0 Å². The third kappa shape index (κ3) is 7.56. The monoisotopic (exact) mass is 233 g/mol. The van der Waals surface area contributed by atoms with Crippen molar-refractivity contribution in [3.63, 3.8) is 0 Å². The van der Waals surface area contributed by atoms with E-state index in [1.54, 1.807) is 0 Å². The molecule has 1 unspecified atom stereocenters. The largest absolute Gasteiger partial charge is 0.480 e. The minimum absolute atomic E-state index is 0.123. The highest BCUT2D eigenvalue weighted by Crippen LogP contribution is 1.80. The number of carboxylic acid groups (broad SMARTS) is 1. The molecule has 0 aromatic heterocycles. The van der Waals surface area contributed by atoms with Gasteiger partial charge in [0.2, 0.25) is 5.91 Å². The van der Waals surface area contributed by atoms with E-state index in [9.17, 15) is 14.4 Å². The summed E-state index contributed by atoms with van der Waals surface area (Å²) in [5.41, 5.74) is 4.80. The molecule has 0 spiro atoms. The lowest BCUT2D eigenvalue weighted by molar-refractivity contribution is -0.138. The number of ether oxygens (including phenoxy) is 1. The minimum atomic E-state index is -1.12. The van der Waals surface area contributed by atoms with Crippen LogP contribution in [0.4, 0.5) is 4.79 Å². The lowest BCUT2D eigenvalue weighted by atomic mass is 10.3. The number of carboxylic acids is 1. The van der Waals surface area contributed by atoms with E-state index in [0.717, 1.165) is 0 Å². The number of urea groups is 1. The molecule has 8 heteroatoms. The number of carbonyl (C=O) groups is 3. The zero-order valence-electron chi connectivity index (χ0n) is 8.86. The molecule has 8 nitrogen and oxygen atoms in total. The van der Waals surface area contributed by atoms with E-state index < -0.39 is 23.9 Å². The van der Waals surface area contributed by atoms with Crippen LogP contribution in [-0.4, -0.2) is 48.8 Å². The number of hydrogen-bond donors (Lipinski definition) is 4. The highest BCUT2D eigenvalue weighted by molar-refractivity contribution is 5.82. The van der Waals surface area contributed by atoms with Gasteiger partial charge >= 0.3 is 12.0 Å². The standard InChI is InChI=1S/C8H15N3O5/c1-5(7(13)14)11-8(15)10-2-3-16-4-6(9)12/h5H,2-4H2,1H3,(H2,9,12)(H,13,14)(H2,10,11,15). The Labute approximate surface area is 92.1 Å². The molecule has 16 heavy (non-hydrogen) atoms. The van der Waals surface area contributed by atoms with Gasteiger partial charge < -0.3 is 26.2 Å². The number of amides is 3. The Morgan fingerprint density at radius 2 is 2.06 bits per heavy atom. The Hall–Kier alpha value is -1.83. The van der Waals surface area contributed by atoms with Gasteiger partial charge in [0.25, 0.3) is 0 Å². The molecule has 3 amide bonds. The van der Waals surface area contributed by atoms with E-state index in [4.69, 9.17) is 15.6 Å². The third-order valence-electron chi connectivity index (χ3n) is 1.49. The molecule has 0 aliphatic heterocycles. The molecular weight excluding hydrogens is 218 g/mol. The van der Waals surface area contributed by atoms with Gasteiger partial charge in [0.15, 0.2) is 0 Å². The lowest BCUT2D eigenvalue weighted by Crippen LogP contribution is -2.45. The summed E-state index contributed by atoms with van der Waals surface area (Å²) in [5, 5.41) is 13.0. The molecule has 0 fully saturated rings. The fourth-order valence-electron chi connectivity index (χ4n) is 0.719. The van der Waals surface area contributed by atoms with E-state index in [2.05, 4.69) is 10.6 Å². The molecule has 0 aliphatic carbocycles. The van der Waals surface area contributed by atoms with Gasteiger partial charge in [-0.25, -0.2) is 4.79 Å². The Morgan fingerprint density at radius 3 is 2.56 bits per heavy atom. The van der Waals surface area contributed by atoms with E-state index in [-0.39, 0.29) is 19.8 Å². The first-order valence-electron chi connectivity index (χ1n) is 4.56. The first-order valence-corrected chi connectivity index (χ1v) is 4.56. The second-order valence-corrected chi connectivity index (χ2v) is 2.98. The molecule has 0 radical (unpaired) electrons. The van der Waals surface area contributed by atoms with Crippen molar-refractivity contribution < 1.29 is 24.2 Å². The van der Waals surface area contributed by atoms with Crippen molar-refractivity contribution in [2.24, 2.45) is 5.73 Å². The summed E-state index contributed by atoms with van der Waals surface area (Å²) < 4.78 is 4.76. The van der Waals surface area contributed by atoms with Crippen LogP contribution in [0.25, 0.3) is 0 Å². The van der Waals surface area contributed by atoms with Crippen LogP contribution in [0.5, 0.6) is 0 Å². The maximum absolute atomic E-state index is 11.0. The van der Waals surface area contributed by atoms with Crippen LogP contribution in [-0.2, 0) is 14.3 Å². The molecule has 0 heterocycles. The Balaban J connectivity index is 3.51. The van der Waals surface area contributed by atoms with Crippen LogP contribution in [0.2, 0.25) is 0 Å². The average Bonchev–Trinajstić information content (AvgIpc) is 2.16. The molecule has 0 saturated heterocycles. The van der Waals surface area contributed by atoms with Crippen molar-refractivity contribution in [2.75, 3.05) is 19.8 Å². The molecule has 92 valence electrons. The summed E-state index contributed by atoms with van der Waals surface area (Å²) in [6, 6.07) is -1.58. The molecule has 0 aromatic rings. The van der Waals surface area contributed by atoms with E-state index in [0.29, 0.717) is 0 Å². The van der Waals surface area contributed by atoms with Crippen molar-refractivity contribution in [3.8, 4) is 0 Å². The van der Waals surface area contributed by atoms with Crippen molar-refractivity contribution >= 4 is 17.9 Å². The van der Waals surface area contributed by atoms with Gasteiger partial charge in [0.05, 0.1) is 6.61 Å². The van der Waals surface area contributed by atoms with E-state index >= 15 is 0 Å². The molecule has 1 atom stereocenters.